The summed E-state index contributed by atoms with van der Waals surface area (Å²) in [5, 5.41) is 8.73. The summed E-state index contributed by atoms with van der Waals surface area (Å²) in [6.07, 6.45) is 18.4. The molecule has 0 radical (unpaired) electrons. The molecule has 0 spiro atoms. The van der Waals surface area contributed by atoms with Gasteiger partial charge in [0, 0.05) is 24.8 Å². The third-order valence-electron chi connectivity index (χ3n) is 4.89. The van der Waals surface area contributed by atoms with Crippen molar-refractivity contribution in [3.63, 3.8) is 0 Å². The Labute approximate surface area is 171 Å². The Morgan fingerprint density at radius 1 is 0.929 bits per heavy atom. The summed E-state index contributed by atoms with van der Waals surface area (Å²) in [4.78, 5) is 16.3. The maximum Gasteiger partial charge on any atom is 0.312 e. The predicted octanol–water partition coefficient (Wildman–Crippen LogP) is 6.17. The van der Waals surface area contributed by atoms with E-state index in [4.69, 9.17) is 9.84 Å². The molecule has 0 saturated heterocycles. The van der Waals surface area contributed by atoms with Gasteiger partial charge in [0.1, 0.15) is 0 Å². The van der Waals surface area contributed by atoms with E-state index in [-0.39, 0.29) is 5.97 Å². The van der Waals surface area contributed by atoms with Gasteiger partial charge in [-0.15, -0.1) is 6.58 Å². The monoisotopic (exact) mass is 389 g/mol. The highest BCUT2D eigenvalue weighted by molar-refractivity contribution is 5.71. The average Bonchev–Trinajstić information content (AvgIpc) is 2.70. The molecule has 158 valence electrons. The lowest BCUT2D eigenvalue weighted by atomic mass is 10.0. The van der Waals surface area contributed by atoms with Crippen molar-refractivity contribution in [2.75, 3.05) is 6.61 Å². The quantitative estimate of drug-likeness (QED) is 0.185. The molecule has 0 aromatic carbocycles. The molecule has 1 aromatic rings. The van der Waals surface area contributed by atoms with E-state index >= 15 is 0 Å². The van der Waals surface area contributed by atoms with Gasteiger partial charge in [-0.05, 0) is 31.7 Å². The van der Waals surface area contributed by atoms with Gasteiger partial charge >= 0.3 is 5.97 Å². The Balaban J connectivity index is 1.96. The van der Waals surface area contributed by atoms with E-state index in [1.54, 1.807) is 6.07 Å². The number of carbonyl (C=O) groups excluding carboxylic acids is 1. The van der Waals surface area contributed by atoms with Crippen LogP contribution in [0.5, 0.6) is 5.88 Å². The van der Waals surface area contributed by atoms with Crippen LogP contribution in [0.1, 0.15) is 95.6 Å². The summed E-state index contributed by atoms with van der Waals surface area (Å²) in [6.45, 7) is 4.04. The zero-order valence-corrected chi connectivity index (χ0v) is 17.5. The highest BCUT2D eigenvalue weighted by Crippen LogP contribution is 2.14. The van der Waals surface area contributed by atoms with Crippen molar-refractivity contribution in [1.82, 2.24) is 4.98 Å². The van der Waals surface area contributed by atoms with Crippen LogP contribution in [0, 0.1) is 0 Å². The molecular formula is C24H39NO3. The van der Waals surface area contributed by atoms with Crippen molar-refractivity contribution in [1.29, 1.82) is 0 Å². The van der Waals surface area contributed by atoms with E-state index in [0.29, 0.717) is 18.9 Å². The van der Waals surface area contributed by atoms with Gasteiger partial charge in [-0.25, -0.2) is 4.98 Å². The van der Waals surface area contributed by atoms with Gasteiger partial charge in [0.25, 0.3) is 0 Å². The Bertz CT molecular complexity index is 530. The Hall–Kier alpha value is -1.68. The van der Waals surface area contributed by atoms with E-state index in [2.05, 4.69) is 11.6 Å². The highest BCUT2D eigenvalue weighted by atomic mass is 16.5. The SMILES string of the molecule is C=CCCc1cccc(OC(=O)CCCCCCCCCCCCCCO)n1. The van der Waals surface area contributed by atoms with E-state index in [1.807, 2.05) is 18.2 Å². The first-order chi connectivity index (χ1) is 13.8. The number of carbonyl (C=O) groups is 1. The molecule has 0 unspecified atom stereocenters. The zero-order chi connectivity index (χ0) is 20.3. The molecule has 0 aliphatic carbocycles. The van der Waals surface area contributed by atoms with Gasteiger partial charge in [-0.3, -0.25) is 4.79 Å². The van der Waals surface area contributed by atoms with Gasteiger partial charge in [-0.1, -0.05) is 76.4 Å². The summed E-state index contributed by atoms with van der Waals surface area (Å²) in [6, 6.07) is 5.56. The number of allylic oxidation sites excluding steroid dienone is 1. The second-order valence-electron chi connectivity index (χ2n) is 7.48. The molecule has 1 aromatic heterocycles. The second kappa shape index (κ2) is 17.4. The van der Waals surface area contributed by atoms with Crippen molar-refractivity contribution < 1.29 is 14.6 Å². The molecule has 0 bridgehead atoms. The Morgan fingerprint density at radius 2 is 1.50 bits per heavy atom. The second-order valence-corrected chi connectivity index (χ2v) is 7.48. The van der Waals surface area contributed by atoms with Gasteiger partial charge < -0.3 is 9.84 Å². The maximum atomic E-state index is 11.9. The smallest absolute Gasteiger partial charge is 0.312 e. The Morgan fingerprint density at radius 3 is 2.07 bits per heavy atom. The molecule has 1 N–H and O–H groups in total. The minimum atomic E-state index is -0.186. The summed E-state index contributed by atoms with van der Waals surface area (Å²) in [5.41, 5.74) is 0.926. The predicted molar refractivity (Wildman–Crippen MR) is 115 cm³/mol. The number of hydrogen-bond donors (Lipinski definition) is 1. The molecule has 0 atom stereocenters. The van der Waals surface area contributed by atoms with Crippen LogP contribution < -0.4 is 4.74 Å². The lowest BCUT2D eigenvalue weighted by Crippen LogP contribution is -2.09. The number of hydrogen-bond acceptors (Lipinski definition) is 4. The van der Waals surface area contributed by atoms with Crippen molar-refractivity contribution in [2.45, 2.75) is 96.3 Å². The number of ether oxygens (including phenoxy) is 1. The Kier molecular flexibility index (Phi) is 15.2. The largest absolute Gasteiger partial charge is 0.407 e. The molecule has 1 heterocycles. The number of aromatic nitrogens is 1. The number of esters is 1. The highest BCUT2D eigenvalue weighted by Gasteiger charge is 2.06. The number of aliphatic hydroxyl groups is 1. The van der Waals surface area contributed by atoms with E-state index in [0.717, 1.165) is 44.2 Å². The van der Waals surface area contributed by atoms with Gasteiger partial charge in [0.2, 0.25) is 5.88 Å². The molecule has 4 nitrogen and oxygen atoms in total. The van der Waals surface area contributed by atoms with E-state index in [1.165, 1.54) is 51.4 Å². The summed E-state index contributed by atoms with van der Waals surface area (Å²) in [7, 11) is 0. The zero-order valence-electron chi connectivity index (χ0n) is 17.5. The number of aliphatic hydroxyl groups excluding tert-OH is 1. The molecule has 0 amide bonds. The van der Waals surface area contributed by atoms with Gasteiger partial charge in [0.05, 0.1) is 0 Å². The van der Waals surface area contributed by atoms with Crippen molar-refractivity contribution in [3.8, 4) is 5.88 Å². The molecule has 0 fully saturated rings. The number of rotatable bonds is 18. The van der Waals surface area contributed by atoms with Crippen LogP contribution in [-0.4, -0.2) is 22.7 Å². The molecule has 0 saturated carbocycles. The fraction of sp³-hybridized carbons (Fsp3) is 0.667. The van der Waals surface area contributed by atoms with Gasteiger partial charge in [-0.2, -0.15) is 0 Å². The topological polar surface area (TPSA) is 59.4 Å². The van der Waals surface area contributed by atoms with Crippen molar-refractivity contribution in [2.24, 2.45) is 0 Å². The van der Waals surface area contributed by atoms with Crippen molar-refractivity contribution >= 4 is 5.97 Å². The average molecular weight is 390 g/mol. The molecule has 1 rings (SSSR count). The molecule has 0 aliphatic heterocycles. The molecule has 0 aliphatic rings. The first-order valence-corrected chi connectivity index (χ1v) is 11.1. The summed E-state index contributed by atoms with van der Waals surface area (Å²) in [5.74, 6) is 0.220. The minimum Gasteiger partial charge on any atom is -0.407 e. The number of pyridine rings is 1. The van der Waals surface area contributed by atoms with E-state index in [9.17, 15) is 4.79 Å². The fourth-order valence-corrected chi connectivity index (χ4v) is 3.22. The van der Waals surface area contributed by atoms with Crippen LogP contribution in [0.3, 0.4) is 0 Å². The van der Waals surface area contributed by atoms with Crippen LogP contribution in [-0.2, 0) is 11.2 Å². The van der Waals surface area contributed by atoms with Crippen LogP contribution in [0.25, 0.3) is 0 Å². The minimum absolute atomic E-state index is 0.186. The maximum absolute atomic E-state index is 11.9. The summed E-state index contributed by atoms with van der Waals surface area (Å²) < 4.78 is 5.35. The first-order valence-electron chi connectivity index (χ1n) is 11.1. The summed E-state index contributed by atoms with van der Waals surface area (Å²) >= 11 is 0. The molecule has 4 heteroatoms. The van der Waals surface area contributed by atoms with Crippen LogP contribution in [0.2, 0.25) is 0 Å². The standard InChI is InChI=1S/C24H39NO3/c1-2-3-17-22-18-16-19-23(25-22)28-24(27)20-14-12-10-8-6-4-5-7-9-11-13-15-21-26/h2,16,18-19,26H,1,3-15,17,20-21H2. The van der Waals surface area contributed by atoms with Crippen LogP contribution in [0.4, 0.5) is 0 Å². The third-order valence-corrected chi connectivity index (χ3v) is 4.89. The number of nitrogens with zero attached hydrogens (tertiary/aromatic N) is 1. The van der Waals surface area contributed by atoms with E-state index < -0.39 is 0 Å². The number of aryl methyl sites for hydroxylation is 1. The third kappa shape index (κ3) is 13.5. The van der Waals surface area contributed by atoms with Crippen molar-refractivity contribution in [3.05, 3.63) is 36.5 Å². The molecular weight excluding hydrogens is 350 g/mol. The van der Waals surface area contributed by atoms with Crippen LogP contribution >= 0.6 is 0 Å². The normalized spacial score (nSPS) is 10.8. The number of unbranched alkanes of at least 4 members (excludes halogenated alkanes) is 11. The fourth-order valence-electron chi connectivity index (χ4n) is 3.22. The van der Waals surface area contributed by atoms with Crippen LogP contribution in [0.15, 0.2) is 30.9 Å². The lowest BCUT2D eigenvalue weighted by Gasteiger charge is -2.05. The molecule has 28 heavy (non-hydrogen) atoms. The van der Waals surface area contributed by atoms with Gasteiger partial charge in [0.15, 0.2) is 0 Å². The lowest BCUT2D eigenvalue weighted by molar-refractivity contribution is -0.134. The first kappa shape index (κ1) is 24.4.